The Morgan fingerprint density at radius 1 is 1.62 bits per heavy atom. The van der Waals surface area contributed by atoms with Gasteiger partial charge in [-0.1, -0.05) is 6.92 Å². The topological polar surface area (TPSA) is 49.8 Å². The molecule has 2 atom stereocenters. The summed E-state index contributed by atoms with van der Waals surface area (Å²) in [5, 5.41) is 9.24. The molecule has 16 heavy (non-hydrogen) atoms. The van der Waals surface area contributed by atoms with E-state index in [2.05, 4.69) is 4.90 Å². The molecule has 1 aliphatic rings. The summed E-state index contributed by atoms with van der Waals surface area (Å²) < 4.78 is 5.55. The van der Waals surface area contributed by atoms with Gasteiger partial charge in [0.25, 0.3) is 0 Å². The van der Waals surface area contributed by atoms with E-state index in [0.29, 0.717) is 13.0 Å². The third-order valence-electron chi connectivity index (χ3n) is 3.41. The van der Waals surface area contributed by atoms with Gasteiger partial charge in [0.1, 0.15) is 0 Å². The predicted octanol–water partition coefficient (Wildman–Crippen LogP) is 1.60. The Hall–Kier alpha value is -0.610. The van der Waals surface area contributed by atoms with Crippen LogP contribution in [0.1, 0.15) is 33.6 Å². The minimum atomic E-state index is -0.701. The van der Waals surface area contributed by atoms with Crippen LogP contribution in [0.4, 0.5) is 0 Å². The minimum Gasteiger partial charge on any atom is -0.481 e. The van der Waals surface area contributed by atoms with Crippen molar-refractivity contribution in [3.63, 3.8) is 0 Å². The molecule has 0 saturated carbocycles. The minimum absolute atomic E-state index is 0.206. The van der Waals surface area contributed by atoms with E-state index in [4.69, 9.17) is 4.74 Å². The van der Waals surface area contributed by atoms with Crippen molar-refractivity contribution in [2.45, 2.75) is 39.7 Å². The van der Waals surface area contributed by atoms with Crippen molar-refractivity contribution < 1.29 is 14.6 Å². The standard InChI is InChI=1S/C12H23NO3/c1-4-12(3,11(14)15)9-13-6-5-7-16-10(2)8-13/h10H,4-9H2,1-3H3,(H,14,15). The number of carboxylic acids is 1. The molecule has 0 aromatic carbocycles. The lowest BCUT2D eigenvalue weighted by Gasteiger charge is -2.31. The maximum Gasteiger partial charge on any atom is 0.310 e. The van der Waals surface area contributed by atoms with Crippen LogP contribution in [0.5, 0.6) is 0 Å². The number of carboxylic acid groups (broad SMARTS) is 1. The van der Waals surface area contributed by atoms with E-state index in [0.717, 1.165) is 26.1 Å². The lowest BCUT2D eigenvalue weighted by molar-refractivity contribution is -0.149. The highest BCUT2D eigenvalue weighted by molar-refractivity contribution is 5.74. The van der Waals surface area contributed by atoms with Crippen molar-refractivity contribution in [2.75, 3.05) is 26.2 Å². The van der Waals surface area contributed by atoms with Gasteiger partial charge in [-0.05, 0) is 26.7 Å². The number of ether oxygens (including phenoxy) is 1. The van der Waals surface area contributed by atoms with Gasteiger partial charge in [0.05, 0.1) is 11.5 Å². The molecule has 1 N–H and O–H groups in total. The maximum atomic E-state index is 11.2. The monoisotopic (exact) mass is 229 g/mol. The van der Waals surface area contributed by atoms with Gasteiger partial charge >= 0.3 is 5.97 Å². The summed E-state index contributed by atoms with van der Waals surface area (Å²) in [7, 11) is 0. The van der Waals surface area contributed by atoms with Crippen molar-refractivity contribution >= 4 is 5.97 Å². The summed E-state index contributed by atoms with van der Waals surface area (Å²) in [6.07, 6.45) is 1.86. The summed E-state index contributed by atoms with van der Waals surface area (Å²) in [6, 6.07) is 0. The van der Waals surface area contributed by atoms with Gasteiger partial charge in [0, 0.05) is 26.2 Å². The van der Waals surface area contributed by atoms with Crippen molar-refractivity contribution in [3.8, 4) is 0 Å². The predicted molar refractivity (Wildman–Crippen MR) is 62.5 cm³/mol. The van der Waals surface area contributed by atoms with Crippen molar-refractivity contribution in [1.29, 1.82) is 0 Å². The molecule has 0 aliphatic carbocycles. The fourth-order valence-electron chi connectivity index (χ4n) is 2.05. The third-order valence-corrected chi connectivity index (χ3v) is 3.41. The van der Waals surface area contributed by atoms with Crippen molar-refractivity contribution in [2.24, 2.45) is 5.41 Å². The summed E-state index contributed by atoms with van der Waals surface area (Å²) in [5.41, 5.74) is -0.635. The van der Waals surface area contributed by atoms with Crippen LogP contribution in [0.2, 0.25) is 0 Å². The summed E-state index contributed by atoms with van der Waals surface area (Å²) >= 11 is 0. The molecule has 0 amide bonds. The second-order valence-electron chi connectivity index (χ2n) is 4.99. The van der Waals surface area contributed by atoms with E-state index in [1.54, 1.807) is 0 Å². The van der Waals surface area contributed by atoms with E-state index in [-0.39, 0.29) is 6.10 Å². The van der Waals surface area contributed by atoms with Gasteiger partial charge in [-0.25, -0.2) is 0 Å². The number of carbonyl (C=O) groups is 1. The molecule has 1 rings (SSSR count). The zero-order chi connectivity index (χ0) is 12.2. The van der Waals surface area contributed by atoms with Crippen molar-refractivity contribution in [1.82, 2.24) is 4.90 Å². The van der Waals surface area contributed by atoms with Crippen LogP contribution in [0.15, 0.2) is 0 Å². The number of aliphatic carboxylic acids is 1. The van der Waals surface area contributed by atoms with Crippen LogP contribution in [0.3, 0.4) is 0 Å². The Balaban J connectivity index is 2.59. The molecule has 0 aromatic heterocycles. The van der Waals surface area contributed by atoms with Gasteiger partial charge in [-0.15, -0.1) is 0 Å². The van der Waals surface area contributed by atoms with E-state index < -0.39 is 11.4 Å². The highest BCUT2D eigenvalue weighted by atomic mass is 16.5. The lowest BCUT2D eigenvalue weighted by Crippen LogP contribution is -2.43. The first-order valence-electron chi connectivity index (χ1n) is 6.05. The van der Waals surface area contributed by atoms with Crippen LogP contribution in [0.25, 0.3) is 0 Å². The Kier molecular flexibility index (Phi) is 4.74. The lowest BCUT2D eigenvalue weighted by atomic mass is 9.87. The fourth-order valence-corrected chi connectivity index (χ4v) is 2.05. The van der Waals surface area contributed by atoms with Crippen LogP contribution in [0, 0.1) is 5.41 Å². The molecule has 4 nitrogen and oxygen atoms in total. The molecular weight excluding hydrogens is 206 g/mol. The van der Waals surface area contributed by atoms with Crippen LogP contribution >= 0.6 is 0 Å². The number of hydrogen-bond donors (Lipinski definition) is 1. The molecule has 1 heterocycles. The molecule has 0 bridgehead atoms. The maximum absolute atomic E-state index is 11.2. The number of nitrogens with zero attached hydrogens (tertiary/aromatic N) is 1. The van der Waals surface area contributed by atoms with Crippen LogP contribution in [-0.2, 0) is 9.53 Å². The Morgan fingerprint density at radius 2 is 2.31 bits per heavy atom. The molecule has 0 radical (unpaired) electrons. The summed E-state index contributed by atoms with van der Waals surface area (Å²) in [6.45, 7) is 8.98. The number of hydrogen-bond acceptors (Lipinski definition) is 3. The normalized spacial score (nSPS) is 27.1. The quantitative estimate of drug-likeness (QED) is 0.795. The Morgan fingerprint density at radius 3 is 2.88 bits per heavy atom. The Labute approximate surface area is 97.6 Å². The van der Waals surface area contributed by atoms with Crippen LogP contribution in [-0.4, -0.2) is 48.3 Å². The SMILES string of the molecule is CCC(C)(CN1CCCOC(C)C1)C(=O)O. The number of rotatable bonds is 4. The van der Waals surface area contributed by atoms with Crippen molar-refractivity contribution in [3.05, 3.63) is 0 Å². The molecular formula is C12H23NO3. The molecule has 1 fully saturated rings. The van der Waals surface area contributed by atoms with E-state index in [9.17, 15) is 9.90 Å². The smallest absolute Gasteiger partial charge is 0.310 e. The highest BCUT2D eigenvalue weighted by Gasteiger charge is 2.33. The first-order valence-corrected chi connectivity index (χ1v) is 6.05. The summed E-state index contributed by atoms with van der Waals surface area (Å²) in [4.78, 5) is 13.5. The van der Waals surface area contributed by atoms with E-state index in [1.165, 1.54) is 0 Å². The Bertz CT molecular complexity index is 244. The first kappa shape index (κ1) is 13.5. The summed E-state index contributed by atoms with van der Waals surface area (Å²) in [5.74, 6) is -0.701. The second kappa shape index (κ2) is 5.64. The molecule has 1 saturated heterocycles. The van der Waals surface area contributed by atoms with Gasteiger partial charge < -0.3 is 9.84 Å². The molecule has 1 aliphatic heterocycles. The average Bonchev–Trinajstić information content (AvgIpc) is 2.42. The zero-order valence-corrected chi connectivity index (χ0v) is 10.5. The molecule has 4 heteroatoms. The molecule has 0 aromatic rings. The van der Waals surface area contributed by atoms with Gasteiger partial charge in [0.2, 0.25) is 0 Å². The molecule has 0 spiro atoms. The van der Waals surface area contributed by atoms with E-state index >= 15 is 0 Å². The van der Waals surface area contributed by atoms with Crippen LogP contribution < -0.4 is 0 Å². The average molecular weight is 229 g/mol. The first-order chi connectivity index (χ1) is 7.48. The fraction of sp³-hybridized carbons (Fsp3) is 0.917. The largest absolute Gasteiger partial charge is 0.481 e. The van der Waals surface area contributed by atoms with E-state index in [1.807, 2.05) is 20.8 Å². The zero-order valence-electron chi connectivity index (χ0n) is 10.5. The van der Waals surface area contributed by atoms with Gasteiger partial charge in [0.15, 0.2) is 0 Å². The highest BCUT2D eigenvalue weighted by Crippen LogP contribution is 2.23. The molecule has 94 valence electrons. The second-order valence-corrected chi connectivity index (χ2v) is 4.99. The third kappa shape index (κ3) is 3.46. The molecule has 2 unspecified atom stereocenters. The van der Waals surface area contributed by atoms with Gasteiger partial charge in [-0.3, -0.25) is 9.69 Å². The van der Waals surface area contributed by atoms with Gasteiger partial charge in [-0.2, -0.15) is 0 Å².